The molecular weight excluding hydrogens is 338 g/mol. The molecule has 2 aromatic carbocycles. The molecule has 0 radical (unpaired) electrons. The van der Waals surface area contributed by atoms with E-state index in [1.54, 1.807) is 18.2 Å². The van der Waals surface area contributed by atoms with Gasteiger partial charge in [0.25, 0.3) is 5.91 Å². The first-order chi connectivity index (χ1) is 13.1. The number of aryl methyl sites for hydroxylation is 1. The summed E-state index contributed by atoms with van der Waals surface area (Å²) in [5, 5.41) is 12.7. The molecule has 1 aliphatic rings. The number of hydrogen-bond donors (Lipinski definition) is 2. The van der Waals surface area contributed by atoms with Crippen LogP contribution in [0.2, 0.25) is 0 Å². The van der Waals surface area contributed by atoms with Crippen molar-refractivity contribution in [3.8, 4) is 5.75 Å². The van der Waals surface area contributed by atoms with Crippen LogP contribution < -0.4 is 5.32 Å². The van der Waals surface area contributed by atoms with E-state index >= 15 is 0 Å². The lowest BCUT2D eigenvalue weighted by Crippen LogP contribution is -2.46. The van der Waals surface area contributed by atoms with Gasteiger partial charge < -0.3 is 15.3 Å². The first-order valence-electron chi connectivity index (χ1n) is 9.68. The topological polar surface area (TPSA) is 55.8 Å². The Hall–Kier alpha value is -2.37. The van der Waals surface area contributed by atoms with Gasteiger partial charge in [-0.05, 0) is 37.6 Å². The zero-order chi connectivity index (χ0) is 19.1. The third-order valence-corrected chi connectivity index (χ3v) is 5.05. The zero-order valence-corrected chi connectivity index (χ0v) is 16.0. The molecule has 144 valence electrons. The zero-order valence-electron chi connectivity index (χ0n) is 16.0. The maximum absolute atomic E-state index is 12.2. The largest absolute Gasteiger partial charge is 0.507 e. The number of phenols is 1. The second-order valence-electron chi connectivity index (χ2n) is 7.23. The van der Waals surface area contributed by atoms with Gasteiger partial charge in [0.2, 0.25) is 0 Å². The Morgan fingerprint density at radius 1 is 1.04 bits per heavy atom. The number of carbonyl (C=O) groups excluding carboxylic acids is 1. The van der Waals surface area contributed by atoms with Gasteiger partial charge in [-0.25, -0.2) is 0 Å². The number of phenolic OH excluding ortho intramolecular Hbond substituents is 1. The van der Waals surface area contributed by atoms with Gasteiger partial charge in [0.1, 0.15) is 5.75 Å². The summed E-state index contributed by atoms with van der Waals surface area (Å²) in [6.07, 6.45) is 0.914. The van der Waals surface area contributed by atoms with Crippen LogP contribution in [0.5, 0.6) is 5.75 Å². The molecule has 1 aliphatic heterocycles. The molecule has 0 saturated carbocycles. The average Bonchev–Trinajstić information content (AvgIpc) is 2.69. The van der Waals surface area contributed by atoms with Gasteiger partial charge >= 0.3 is 0 Å². The molecule has 5 nitrogen and oxygen atoms in total. The van der Waals surface area contributed by atoms with Crippen LogP contribution in [0.4, 0.5) is 0 Å². The van der Waals surface area contributed by atoms with Crippen LogP contribution >= 0.6 is 0 Å². The van der Waals surface area contributed by atoms with E-state index in [-0.39, 0.29) is 11.7 Å². The molecule has 1 amide bonds. The Morgan fingerprint density at radius 2 is 1.74 bits per heavy atom. The standard InChI is InChI=1S/C22H29N3O2/c1-18-8-9-21(26)20(16-18)22(27)23-10-5-11-24-12-14-25(15-13-24)17-19-6-3-2-4-7-19/h2-4,6-9,16,26H,5,10-15,17H2,1H3,(H,23,27). The number of piperazine rings is 1. The highest BCUT2D eigenvalue weighted by Crippen LogP contribution is 2.17. The molecule has 0 unspecified atom stereocenters. The third-order valence-electron chi connectivity index (χ3n) is 5.05. The summed E-state index contributed by atoms with van der Waals surface area (Å²) in [4.78, 5) is 17.1. The lowest BCUT2D eigenvalue weighted by atomic mass is 10.1. The fourth-order valence-electron chi connectivity index (χ4n) is 3.44. The lowest BCUT2D eigenvalue weighted by Gasteiger charge is -2.34. The fourth-order valence-corrected chi connectivity index (χ4v) is 3.44. The van der Waals surface area contributed by atoms with Crippen LogP contribution in [0.3, 0.4) is 0 Å². The second kappa shape index (κ2) is 9.53. The number of hydrogen-bond acceptors (Lipinski definition) is 4. The van der Waals surface area contributed by atoms with Crippen molar-refractivity contribution in [3.05, 3.63) is 65.2 Å². The highest BCUT2D eigenvalue weighted by molar-refractivity contribution is 5.96. The number of amides is 1. The molecule has 5 heteroatoms. The Labute approximate surface area is 161 Å². The number of nitrogens with one attached hydrogen (secondary N) is 1. The highest BCUT2D eigenvalue weighted by Gasteiger charge is 2.17. The smallest absolute Gasteiger partial charge is 0.255 e. The minimum Gasteiger partial charge on any atom is -0.507 e. The molecule has 27 heavy (non-hydrogen) atoms. The molecule has 1 fully saturated rings. The van der Waals surface area contributed by atoms with Crippen LogP contribution in [0.1, 0.15) is 27.9 Å². The Bertz CT molecular complexity index is 740. The maximum atomic E-state index is 12.2. The van der Waals surface area contributed by atoms with Gasteiger partial charge in [-0.15, -0.1) is 0 Å². The molecule has 3 rings (SSSR count). The van der Waals surface area contributed by atoms with E-state index in [2.05, 4.69) is 45.4 Å². The van der Waals surface area contributed by atoms with Gasteiger partial charge in [-0.3, -0.25) is 9.69 Å². The third kappa shape index (κ3) is 5.81. The monoisotopic (exact) mass is 367 g/mol. The molecule has 1 heterocycles. The van der Waals surface area contributed by atoms with Crippen LogP contribution in [-0.4, -0.2) is 60.1 Å². The van der Waals surface area contributed by atoms with Crippen molar-refractivity contribution >= 4 is 5.91 Å². The Kier molecular flexibility index (Phi) is 6.85. The van der Waals surface area contributed by atoms with Crippen molar-refractivity contribution < 1.29 is 9.90 Å². The predicted molar refractivity (Wildman–Crippen MR) is 108 cm³/mol. The summed E-state index contributed by atoms with van der Waals surface area (Å²) in [7, 11) is 0. The summed E-state index contributed by atoms with van der Waals surface area (Å²) < 4.78 is 0. The molecule has 1 saturated heterocycles. The van der Waals surface area contributed by atoms with Crippen molar-refractivity contribution in [2.45, 2.75) is 19.9 Å². The van der Waals surface area contributed by atoms with Crippen molar-refractivity contribution in [1.82, 2.24) is 15.1 Å². The quantitative estimate of drug-likeness (QED) is 0.739. The van der Waals surface area contributed by atoms with E-state index in [0.717, 1.165) is 51.3 Å². The number of rotatable bonds is 7. The molecule has 0 bridgehead atoms. The summed E-state index contributed by atoms with van der Waals surface area (Å²) in [6, 6.07) is 15.7. The maximum Gasteiger partial charge on any atom is 0.255 e. The summed E-state index contributed by atoms with van der Waals surface area (Å²) in [6.45, 7) is 8.84. The lowest BCUT2D eigenvalue weighted by molar-refractivity contribution is 0.0944. The first kappa shape index (κ1) is 19.4. The summed E-state index contributed by atoms with van der Waals surface area (Å²) >= 11 is 0. The van der Waals surface area contributed by atoms with Crippen molar-refractivity contribution in [3.63, 3.8) is 0 Å². The van der Waals surface area contributed by atoms with Crippen molar-refractivity contribution in [1.29, 1.82) is 0 Å². The van der Waals surface area contributed by atoms with Crippen molar-refractivity contribution in [2.75, 3.05) is 39.3 Å². The number of carbonyl (C=O) groups is 1. The summed E-state index contributed by atoms with van der Waals surface area (Å²) in [5.74, 6) is -0.170. The van der Waals surface area contributed by atoms with Crippen LogP contribution in [0, 0.1) is 6.92 Å². The van der Waals surface area contributed by atoms with E-state index in [9.17, 15) is 9.90 Å². The molecule has 0 atom stereocenters. The van der Waals surface area contributed by atoms with E-state index < -0.39 is 0 Å². The molecule has 0 spiro atoms. The minimum absolute atomic E-state index is 0.0348. The van der Waals surface area contributed by atoms with Gasteiger partial charge in [-0.1, -0.05) is 42.0 Å². The van der Waals surface area contributed by atoms with Gasteiger partial charge in [0.15, 0.2) is 0 Å². The molecule has 0 aromatic heterocycles. The van der Waals surface area contributed by atoms with Gasteiger partial charge in [0.05, 0.1) is 5.56 Å². The first-order valence-corrected chi connectivity index (χ1v) is 9.68. The number of benzene rings is 2. The van der Waals surface area contributed by atoms with E-state index in [4.69, 9.17) is 0 Å². The SMILES string of the molecule is Cc1ccc(O)c(C(=O)NCCCN2CCN(Cc3ccccc3)CC2)c1. The van der Waals surface area contributed by atoms with E-state index in [1.807, 2.05) is 6.92 Å². The van der Waals surface area contributed by atoms with Gasteiger partial charge in [0, 0.05) is 39.3 Å². The van der Waals surface area contributed by atoms with Crippen LogP contribution in [0.25, 0.3) is 0 Å². The average molecular weight is 367 g/mol. The Morgan fingerprint density at radius 3 is 2.48 bits per heavy atom. The molecule has 0 aliphatic carbocycles. The summed E-state index contributed by atoms with van der Waals surface area (Å²) in [5.41, 5.74) is 2.68. The number of aromatic hydroxyl groups is 1. The van der Waals surface area contributed by atoms with Crippen LogP contribution in [-0.2, 0) is 6.54 Å². The predicted octanol–water partition coefficient (Wildman–Crippen LogP) is 2.64. The van der Waals surface area contributed by atoms with Crippen LogP contribution in [0.15, 0.2) is 48.5 Å². The second-order valence-corrected chi connectivity index (χ2v) is 7.23. The number of nitrogens with zero attached hydrogens (tertiary/aromatic N) is 2. The molecular formula is C22H29N3O2. The van der Waals surface area contributed by atoms with E-state index in [1.165, 1.54) is 5.56 Å². The molecule has 2 aromatic rings. The fraction of sp³-hybridized carbons (Fsp3) is 0.409. The molecule has 2 N–H and O–H groups in total. The minimum atomic E-state index is -0.205. The van der Waals surface area contributed by atoms with Crippen molar-refractivity contribution in [2.24, 2.45) is 0 Å². The van der Waals surface area contributed by atoms with E-state index in [0.29, 0.717) is 12.1 Å². The normalized spacial score (nSPS) is 15.6. The highest BCUT2D eigenvalue weighted by atomic mass is 16.3. The van der Waals surface area contributed by atoms with Gasteiger partial charge in [-0.2, -0.15) is 0 Å². The Balaban J connectivity index is 1.33.